The van der Waals surface area contributed by atoms with Crippen LogP contribution in [0.4, 0.5) is 4.39 Å². The largest absolute Gasteiger partial charge is 0.495 e. The standard InChI is InChI=1S/C22H26FN5O5S.ClH/c1-13(2)26-34(30,31)20-11-14(5-6-19(20)32-3)17-9-15(22(29)33-4)10-18-21(17)25-27-28(18)12-16(23)7-8-24;/h5-7,9-11,13,26H,8,12,24H2,1-4H3;1H/b16-7-;. The number of allylic oxidation sites excluding steroid dienone is 1. The topological polar surface area (TPSA) is 138 Å². The van der Waals surface area contributed by atoms with Gasteiger partial charge in [0.1, 0.15) is 22.0 Å². The number of fused-ring (bicyclic) bond motifs is 1. The number of esters is 1. The first-order chi connectivity index (χ1) is 16.1. The van der Waals surface area contributed by atoms with Crippen molar-refractivity contribution in [1.29, 1.82) is 0 Å². The monoisotopic (exact) mass is 527 g/mol. The number of carbonyl (C=O) groups excluding carboxylic acids is 1. The van der Waals surface area contributed by atoms with Crippen molar-refractivity contribution in [2.24, 2.45) is 5.73 Å². The van der Waals surface area contributed by atoms with Crippen LogP contribution in [0, 0.1) is 0 Å². The lowest BCUT2D eigenvalue weighted by Crippen LogP contribution is -2.30. The van der Waals surface area contributed by atoms with Gasteiger partial charge in [0, 0.05) is 18.2 Å². The molecule has 13 heteroatoms. The molecule has 1 heterocycles. The fourth-order valence-electron chi connectivity index (χ4n) is 3.40. The van der Waals surface area contributed by atoms with Gasteiger partial charge in [-0.15, -0.1) is 17.5 Å². The second-order valence-electron chi connectivity index (χ2n) is 7.66. The first kappa shape index (κ1) is 28.2. The van der Waals surface area contributed by atoms with Crippen LogP contribution in [-0.4, -0.2) is 56.2 Å². The summed E-state index contributed by atoms with van der Waals surface area (Å²) in [5.74, 6) is -0.997. The average molecular weight is 528 g/mol. The molecule has 0 atom stereocenters. The number of sulfonamides is 1. The Kier molecular flexibility index (Phi) is 9.32. The van der Waals surface area contributed by atoms with E-state index in [9.17, 15) is 17.6 Å². The lowest BCUT2D eigenvalue weighted by atomic mass is 10.0. The maximum absolute atomic E-state index is 14.1. The third-order valence-electron chi connectivity index (χ3n) is 4.84. The zero-order chi connectivity index (χ0) is 25.0. The van der Waals surface area contributed by atoms with Crippen molar-refractivity contribution in [3.05, 3.63) is 47.8 Å². The van der Waals surface area contributed by atoms with Crippen molar-refractivity contribution in [3.8, 4) is 16.9 Å². The molecule has 0 saturated heterocycles. The van der Waals surface area contributed by atoms with Crippen molar-refractivity contribution in [3.63, 3.8) is 0 Å². The molecule has 35 heavy (non-hydrogen) atoms. The molecule has 10 nitrogen and oxygen atoms in total. The zero-order valence-corrected chi connectivity index (χ0v) is 21.2. The normalized spacial score (nSPS) is 12.0. The first-order valence-corrected chi connectivity index (χ1v) is 11.8. The SMILES string of the molecule is COC(=O)c1cc(-c2ccc(OC)c(S(=O)(=O)NC(C)C)c2)c2nnn(C/C(F)=C/CN)c2c1.Cl. The minimum Gasteiger partial charge on any atom is -0.495 e. The van der Waals surface area contributed by atoms with Gasteiger partial charge in [-0.1, -0.05) is 11.3 Å². The molecule has 0 saturated carbocycles. The van der Waals surface area contributed by atoms with Gasteiger partial charge >= 0.3 is 5.97 Å². The van der Waals surface area contributed by atoms with E-state index >= 15 is 0 Å². The number of hydrogen-bond donors (Lipinski definition) is 2. The molecule has 1 aromatic heterocycles. The van der Waals surface area contributed by atoms with E-state index in [1.807, 2.05) is 0 Å². The predicted octanol–water partition coefficient (Wildman–Crippen LogP) is 2.81. The molecule has 190 valence electrons. The summed E-state index contributed by atoms with van der Waals surface area (Å²) in [6.45, 7) is 3.19. The predicted molar refractivity (Wildman–Crippen MR) is 132 cm³/mol. The van der Waals surface area contributed by atoms with Gasteiger partial charge in [0.2, 0.25) is 10.0 Å². The fourth-order valence-corrected chi connectivity index (χ4v) is 4.85. The van der Waals surface area contributed by atoms with E-state index in [-0.39, 0.29) is 47.7 Å². The molecule has 0 radical (unpaired) electrons. The van der Waals surface area contributed by atoms with E-state index in [1.165, 1.54) is 49.2 Å². The van der Waals surface area contributed by atoms with Crippen LogP contribution >= 0.6 is 12.4 Å². The Hall–Kier alpha value is -3.06. The molecule has 0 amide bonds. The van der Waals surface area contributed by atoms with E-state index in [2.05, 4.69) is 15.0 Å². The van der Waals surface area contributed by atoms with Gasteiger partial charge in [-0.05, 0) is 49.8 Å². The highest BCUT2D eigenvalue weighted by Gasteiger charge is 2.23. The first-order valence-electron chi connectivity index (χ1n) is 10.3. The van der Waals surface area contributed by atoms with Crippen LogP contribution in [0.25, 0.3) is 22.2 Å². The van der Waals surface area contributed by atoms with E-state index in [4.69, 9.17) is 15.2 Å². The molecular formula is C22H27ClFN5O5S. The maximum Gasteiger partial charge on any atom is 0.337 e. The number of aromatic nitrogens is 3. The second kappa shape index (κ2) is 11.6. The van der Waals surface area contributed by atoms with E-state index in [1.54, 1.807) is 19.9 Å². The maximum atomic E-state index is 14.1. The highest BCUT2D eigenvalue weighted by Crippen LogP contribution is 2.34. The Morgan fingerprint density at radius 2 is 1.97 bits per heavy atom. The number of nitrogens with zero attached hydrogens (tertiary/aromatic N) is 3. The lowest BCUT2D eigenvalue weighted by molar-refractivity contribution is 0.0601. The van der Waals surface area contributed by atoms with Gasteiger partial charge < -0.3 is 15.2 Å². The summed E-state index contributed by atoms with van der Waals surface area (Å²) in [4.78, 5) is 12.3. The number of benzene rings is 2. The fraction of sp³-hybridized carbons (Fsp3) is 0.318. The van der Waals surface area contributed by atoms with E-state index < -0.39 is 21.8 Å². The number of ether oxygens (including phenoxy) is 2. The van der Waals surface area contributed by atoms with Crippen LogP contribution in [-0.2, 0) is 21.3 Å². The van der Waals surface area contributed by atoms with Gasteiger partial charge in [0.15, 0.2) is 0 Å². The van der Waals surface area contributed by atoms with E-state index in [0.717, 1.165) is 0 Å². The summed E-state index contributed by atoms with van der Waals surface area (Å²) >= 11 is 0. The van der Waals surface area contributed by atoms with Crippen LogP contribution in [0.3, 0.4) is 0 Å². The lowest BCUT2D eigenvalue weighted by Gasteiger charge is -2.15. The molecule has 3 N–H and O–H groups in total. The number of carbonyl (C=O) groups is 1. The molecule has 3 rings (SSSR count). The Morgan fingerprint density at radius 1 is 1.26 bits per heavy atom. The summed E-state index contributed by atoms with van der Waals surface area (Å²) in [7, 11) is -1.30. The third-order valence-corrected chi connectivity index (χ3v) is 6.52. The van der Waals surface area contributed by atoms with Gasteiger partial charge in [-0.3, -0.25) is 0 Å². The quantitative estimate of drug-likeness (QED) is 0.405. The Bertz CT molecular complexity index is 1360. The van der Waals surface area contributed by atoms with Crippen molar-refractivity contribution < 1.29 is 27.1 Å². The molecule has 0 bridgehead atoms. The highest BCUT2D eigenvalue weighted by molar-refractivity contribution is 7.89. The molecule has 0 unspecified atom stereocenters. The molecule has 2 aromatic carbocycles. The van der Waals surface area contributed by atoms with Crippen molar-refractivity contribution in [2.45, 2.75) is 31.3 Å². The number of rotatable bonds is 9. The van der Waals surface area contributed by atoms with Crippen molar-refractivity contribution in [2.75, 3.05) is 20.8 Å². The van der Waals surface area contributed by atoms with Crippen LogP contribution in [0.5, 0.6) is 5.75 Å². The zero-order valence-electron chi connectivity index (χ0n) is 19.6. The van der Waals surface area contributed by atoms with Crippen molar-refractivity contribution >= 4 is 39.4 Å². The molecular weight excluding hydrogens is 501 g/mol. The molecule has 0 aliphatic carbocycles. The molecule has 0 aliphatic heterocycles. The summed E-state index contributed by atoms with van der Waals surface area (Å²) < 4.78 is 53.9. The second-order valence-corrected chi connectivity index (χ2v) is 9.34. The summed E-state index contributed by atoms with van der Waals surface area (Å²) in [6, 6.07) is 7.23. The number of nitrogens with one attached hydrogen (secondary N) is 1. The summed E-state index contributed by atoms with van der Waals surface area (Å²) in [5.41, 5.74) is 7.09. The van der Waals surface area contributed by atoms with Crippen molar-refractivity contribution in [1.82, 2.24) is 19.7 Å². The van der Waals surface area contributed by atoms with Crippen LogP contribution < -0.4 is 15.2 Å². The van der Waals surface area contributed by atoms with Crippen LogP contribution in [0.2, 0.25) is 0 Å². The minimum absolute atomic E-state index is 0. The Labute approximate surface area is 208 Å². The number of hydrogen-bond acceptors (Lipinski definition) is 8. The smallest absolute Gasteiger partial charge is 0.337 e. The van der Waals surface area contributed by atoms with Crippen LogP contribution in [0.15, 0.2) is 47.1 Å². The third kappa shape index (κ3) is 6.14. The van der Waals surface area contributed by atoms with Gasteiger partial charge in [-0.25, -0.2) is 27.0 Å². The minimum atomic E-state index is -3.91. The summed E-state index contributed by atoms with van der Waals surface area (Å²) in [5, 5.41) is 8.17. The number of halogens is 2. The summed E-state index contributed by atoms with van der Waals surface area (Å²) in [6.07, 6.45) is 1.21. The molecule has 0 spiro atoms. The Morgan fingerprint density at radius 3 is 2.57 bits per heavy atom. The highest BCUT2D eigenvalue weighted by atomic mass is 35.5. The van der Waals surface area contributed by atoms with E-state index in [0.29, 0.717) is 22.2 Å². The van der Waals surface area contributed by atoms with Crippen LogP contribution in [0.1, 0.15) is 24.2 Å². The molecule has 3 aromatic rings. The average Bonchev–Trinajstić information content (AvgIpc) is 3.19. The number of methoxy groups -OCH3 is 2. The number of nitrogens with two attached hydrogens (primary N) is 1. The van der Waals surface area contributed by atoms with Gasteiger partial charge in [-0.2, -0.15) is 0 Å². The molecule has 0 aliphatic rings. The van der Waals surface area contributed by atoms with Gasteiger partial charge in [0.05, 0.1) is 31.8 Å². The Balaban J connectivity index is 0.00000432. The van der Waals surface area contributed by atoms with Gasteiger partial charge in [0.25, 0.3) is 0 Å². The molecule has 0 fully saturated rings.